The maximum absolute atomic E-state index is 11.9. The number of fused-ring (bicyclic) bond motifs is 2. The molecular weight excluding hydrogens is 220 g/mol. The molecule has 0 spiro atoms. The van der Waals surface area contributed by atoms with Crippen LogP contribution in [0.2, 0.25) is 0 Å². The molecule has 0 saturated carbocycles. The molecule has 5 heteroatoms. The lowest BCUT2D eigenvalue weighted by molar-refractivity contribution is -0.128. The van der Waals surface area contributed by atoms with Crippen molar-refractivity contribution in [2.45, 2.75) is 44.9 Å². The van der Waals surface area contributed by atoms with Crippen molar-refractivity contribution in [3.05, 3.63) is 6.92 Å². The molecule has 0 aromatic heterocycles. The smallest absolute Gasteiger partial charge is 0.410 e. The van der Waals surface area contributed by atoms with Gasteiger partial charge < -0.3 is 14.5 Å². The highest BCUT2D eigenvalue weighted by molar-refractivity contribution is 5.81. The summed E-state index contributed by atoms with van der Waals surface area (Å²) in [4.78, 5) is 26.6. The summed E-state index contributed by atoms with van der Waals surface area (Å²) in [6.07, 6.45) is 0.571. The molecule has 2 rings (SSSR count). The fourth-order valence-corrected chi connectivity index (χ4v) is 2.52. The predicted molar refractivity (Wildman–Crippen MR) is 62.2 cm³/mol. The van der Waals surface area contributed by atoms with E-state index in [4.69, 9.17) is 4.74 Å². The molecule has 2 atom stereocenters. The summed E-state index contributed by atoms with van der Waals surface area (Å²) >= 11 is 0. The third-order valence-electron chi connectivity index (χ3n) is 3.19. The first kappa shape index (κ1) is 12.2. The molecule has 0 aromatic carbocycles. The highest BCUT2D eigenvalue weighted by Crippen LogP contribution is 2.31. The summed E-state index contributed by atoms with van der Waals surface area (Å²) in [6, 6.07) is 0.220. The Morgan fingerprint density at radius 1 is 1.18 bits per heavy atom. The lowest BCUT2D eigenvalue weighted by atomic mass is 10.2. The van der Waals surface area contributed by atoms with Gasteiger partial charge in [-0.3, -0.25) is 4.79 Å². The van der Waals surface area contributed by atoms with Crippen LogP contribution >= 0.6 is 0 Å². The van der Waals surface area contributed by atoms with E-state index in [1.54, 1.807) is 9.80 Å². The van der Waals surface area contributed by atoms with Crippen molar-refractivity contribution in [1.29, 1.82) is 0 Å². The van der Waals surface area contributed by atoms with Crippen LogP contribution in [-0.4, -0.2) is 52.6 Å². The Hall–Kier alpha value is -1.26. The van der Waals surface area contributed by atoms with Gasteiger partial charge in [-0.25, -0.2) is 4.79 Å². The molecule has 2 saturated heterocycles. The first-order valence-electron chi connectivity index (χ1n) is 5.90. The number of carbonyl (C=O) groups is 2. The van der Waals surface area contributed by atoms with Gasteiger partial charge >= 0.3 is 6.09 Å². The standard InChI is InChI=1S/C12H19N2O3/c1-8(15)13-6-10-5-9(13)7-14(10)11(16)17-12(2,3)4/h9-10H,1,5-7H2,2-4H3. The number of hydrogen-bond acceptors (Lipinski definition) is 3. The van der Waals surface area contributed by atoms with E-state index >= 15 is 0 Å². The van der Waals surface area contributed by atoms with E-state index in [1.807, 2.05) is 20.8 Å². The normalized spacial score (nSPS) is 27.5. The Kier molecular flexibility index (Phi) is 2.79. The number of carbonyl (C=O) groups excluding carboxylic acids is 2. The van der Waals surface area contributed by atoms with Gasteiger partial charge in [0.05, 0.1) is 12.1 Å². The molecule has 1 radical (unpaired) electrons. The minimum absolute atomic E-state index is 0.0977. The summed E-state index contributed by atoms with van der Waals surface area (Å²) < 4.78 is 5.34. The maximum atomic E-state index is 11.9. The molecular formula is C12H19N2O3. The highest BCUT2D eigenvalue weighted by atomic mass is 16.6. The number of likely N-dealkylation sites (tertiary alicyclic amines) is 2. The monoisotopic (exact) mass is 239 g/mol. The molecule has 2 bridgehead atoms. The molecule has 2 amide bonds. The summed E-state index contributed by atoms with van der Waals surface area (Å²) in [5, 5.41) is 0. The number of piperazine rings is 1. The molecule has 0 N–H and O–H groups in total. The van der Waals surface area contributed by atoms with Crippen molar-refractivity contribution in [1.82, 2.24) is 9.80 Å². The summed E-state index contributed by atoms with van der Waals surface area (Å²) in [5.74, 6) is -0.152. The first-order valence-corrected chi connectivity index (χ1v) is 5.90. The fourth-order valence-electron chi connectivity index (χ4n) is 2.52. The minimum Gasteiger partial charge on any atom is -0.444 e. The fraction of sp³-hybridized carbons (Fsp3) is 0.750. The second-order valence-corrected chi connectivity index (χ2v) is 5.72. The highest BCUT2D eigenvalue weighted by Gasteiger charge is 2.47. The van der Waals surface area contributed by atoms with Gasteiger partial charge in [0, 0.05) is 20.0 Å². The van der Waals surface area contributed by atoms with E-state index < -0.39 is 5.60 Å². The van der Waals surface area contributed by atoms with Crippen molar-refractivity contribution in [3.8, 4) is 0 Å². The summed E-state index contributed by atoms with van der Waals surface area (Å²) in [7, 11) is 0. The Bertz CT molecular complexity index is 348. The molecule has 0 aromatic rings. The molecule has 2 heterocycles. The molecule has 5 nitrogen and oxygen atoms in total. The number of ether oxygens (including phenoxy) is 1. The molecule has 95 valence electrons. The van der Waals surface area contributed by atoms with E-state index in [0.29, 0.717) is 13.1 Å². The van der Waals surface area contributed by atoms with Crippen molar-refractivity contribution in [2.75, 3.05) is 13.1 Å². The first-order chi connectivity index (χ1) is 7.78. The van der Waals surface area contributed by atoms with Crippen molar-refractivity contribution in [2.24, 2.45) is 0 Å². The van der Waals surface area contributed by atoms with Crippen molar-refractivity contribution < 1.29 is 14.3 Å². The van der Waals surface area contributed by atoms with Crippen LogP contribution in [0.1, 0.15) is 27.2 Å². The Morgan fingerprint density at radius 3 is 2.12 bits per heavy atom. The average molecular weight is 239 g/mol. The molecule has 2 unspecified atom stereocenters. The number of amides is 2. The third kappa shape index (κ3) is 2.37. The van der Waals surface area contributed by atoms with Gasteiger partial charge in [0.25, 0.3) is 0 Å². The SMILES string of the molecule is [CH2]C(=O)N1CC2CC1CN2C(=O)OC(C)(C)C. The zero-order valence-electron chi connectivity index (χ0n) is 10.6. The van der Waals surface area contributed by atoms with E-state index in [9.17, 15) is 9.59 Å². The third-order valence-corrected chi connectivity index (χ3v) is 3.19. The quantitative estimate of drug-likeness (QED) is 0.634. The van der Waals surface area contributed by atoms with Crippen LogP contribution in [0.25, 0.3) is 0 Å². The van der Waals surface area contributed by atoms with Crippen molar-refractivity contribution >= 4 is 12.0 Å². The van der Waals surface area contributed by atoms with Crippen LogP contribution in [0.15, 0.2) is 0 Å². The Morgan fingerprint density at radius 2 is 1.71 bits per heavy atom. The van der Waals surface area contributed by atoms with Crippen LogP contribution in [0.5, 0.6) is 0 Å². The molecule has 0 aliphatic carbocycles. The molecule has 2 aliphatic heterocycles. The van der Waals surface area contributed by atoms with E-state index in [1.165, 1.54) is 0 Å². The van der Waals surface area contributed by atoms with Crippen LogP contribution in [0.4, 0.5) is 4.79 Å². The summed E-state index contributed by atoms with van der Waals surface area (Å²) in [6.45, 7) is 10.1. The van der Waals surface area contributed by atoms with E-state index in [0.717, 1.165) is 6.42 Å². The maximum Gasteiger partial charge on any atom is 0.410 e. The van der Waals surface area contributed by atoms with Gasteiger partial charge in [-0.2, -0.15) is 0 Å². The Labute approximate surface area is 102 Å². The number of hydrogen-bond donors (Lipinski definition) is 0. The van der Waals surface area contributed by atoms with Gasteiger partial charge in [0.15, 0.2) is 0 Å². The number of nitrogens with zero attached hydrogens (tertiary/aromatic N) is 2. The lowest BCUT2D eigenvalue weighted by Crippen LogP contribution is -2.51. The van der Waals surface area contributed by atoms with Crippen molar-refractivity contribution in [3.63, 3.8) is 0 Å². The molecule has 17 heavy (non-hydrogen) atoms. The van der Waals surface area contributed by atoms with Gasteiger partial charge in [-0.1, -0.05) is 0 Å². The summed E-state index contributed by atoms with van der Waals surface area (Å²) in [5.41, 5.74) is -0.471. The zero-order chi connectivity index (χ0) is 12.8. The van der Waals surface area contributed by atoms with Gasteiger partial charge in [0.2, 0.25) is 5.91 Å². The van der Waals surface area contributed by atoms with Gasteiger partial charge in [0.1, 0.15) is 5.60 Å². The van der Waals surface area contributed by atoms with Crippen LogP contribution in [-0.2, 0) is 9.53 Å². The predicted octanol–water partition coefficient (Wildman–Crippen LogP) is 1.04. The number of rotatable bonds is 0. The lowest BCUT2D eigenvalue weighted by Gasteiger charge is -2.34. The van der Waals surface area contributed by atoms with E-state index in [2.05, 4.69) is 6.92 Å². The molecule has 2 fully saturated rings. The topological polar surface area (TPSA) is 49.9 Å². The molecule has 2 aliphatic rings. The Balaban J connectivity index is 1.96. The second-order valence-electron chi connectivity index (χ2n) is 5.72. The van der Waals surface area contributed by atoms with Crippen LogP contribution in [0.3, 0.4) is 0 Å². The zero-order valence-corrected chi connectivity index (χ0v) is 10.6. The largest absolute Gasteiger partial charge is 0.444 e. The second kappa shape index (κ2) is 3.89. The van der Waals surface area contributed by atoms with Crippen LogP contribution in [0, 0.1) is 6.92 Å². The minimum atomic E-state index is -0.471. The van der Waals surface area contributed by atoms with Gasteiger partial charge in [-0.05, 0) is 27.2 Å². The van der Waals surface area contributed by atoms with E-state index in [-0.39, 0.29) is 24.1 Å². The van der Waals surface area contributed by atoms with Gasteiger partial charge in [-0.15, -0.1) is 0 Å². The average Bonchev–Trinajstić information content (AvgIpc) is 2.72. The van der Waals surface area contributed by atoms with Crippen LogP contribution < -0.4 is 0 Å².